The minimum Gasteiger partial charge on any atom is -0.463 e. The summed E-state index contributed by atoms with van der Waals surface area (Å²) in [5.41, 5.74) is 1.51. The number of ether oxygens (including phenoxy) is 1. The molecule has 0 spiro atoms. The number of amides is 2. The van der Waals surface area contributed by atoms with E-state index in [0.717, 1.165) is 5.56 Å². The highest BCUT2D eigenvalue weighted by Gasteiger charge is 2.06. The molecule has 0 saturated heterocycles. The van der Waals surface area contributed by atoms with Crippen LogP contribution in [0, 0.1) is 0 Å². The molecule has 0 radical (unpaired) electrons. The predicted molar refractivity (Wildman–Crippen MR) is 107 cm³/mol. The molecule has 0 saturated carbocycles. The third-order valence-electron chi connectivity index (χ3n) is 3.50. The summed E-state index contributed by atoms with van der Waals surface area (Å²) in [6.45, 7) is 2.54. The number of benzene rings is 1. The van der Waals surface area contributed by atoms with Gasteiger partial charge in [-0.3, -0.25) is 9.59 Å². The van der Waals surface area contributed by atoms with Gasteiger partial charge in [0.2, 0.25) is 5.91 Å². The van der Waals surface area contributed by atoms with Gasteiger partial charge in [0.25, 0.3) is 5.91 Å². The lowest BCUT2D eigenvalue weighted by Crippen LogP contribution is -2.24. The van der Waals surface area contributed by atoms with Gasteiger partial charge in [0, 0.05) is 24.7 Å². The molecule has 0 aliphatic rings. The lowest BCUT2D eigenvalue weighted by Gasteiger charge is -2.06. The molecule has 2 amide bonds. The van der Waals surface area contributed by atoms with Crippen molar-refractivity contribution in [2.24, 2.45) is 0 Å². The minimum absolute atomic E-state index is 0.114. The minimum atomic E-state index is -0.388. The molecule has 1 heterocycles. The van der Waals surface area contributed by atoms with Crippen molar-refractivity contribution in [3.8, 4) is 0 Å². The summed E-state index contributed by atoms with van der Waals surface area (Å²) < 4.78 is 4.81. The van der Waals surface area contributed by atoms with Crippen LogP contribution in [0.3, 0.4) is 0 Å². The fourth-order valence-electron chi connectivity index (χ4n) is 2.20. The third-order valence-corrected chi connectivity index (χ3v) is 4.37. The van der Waals surface area contributed by atoms with Crippen molar-refractivity contribution in [2.45, 2.75) is 19.8 Å². The smallest absolute Gasteiger partial charge is 0.330 e. The molecule has 0 unspecified atom stereocenters. The summed E-state index contributed by atoms with van der Waals surface area (Å²) in [6.07, 6.45) is 3.89. The molecule has 27 heavy (non-hydrogen) atoms. The fourth-order valence-corrected chi connectivity index (χ4v) is 2.84. The second-order valence-corrected chi connectivity index (χ2v) is 6.54. The van der Waals surface area contributed by atoms with E-state index < -0.39 is 0 Å². The van der Waals surface area contributed by atoms with E-state index in [-0.39, 0.29) is 17.8 Å². The number of thiophene rings is 1. The Hall–Kier alpha value is -2.93. The first kappa shape index (κ1) is 20.4. The van der Waals surface area contributed by atoms with E-state index in [0.29, 0.717) is 36.6 Å². The van der Waals surface area contributed by atoms with Crippen molar-refractivity contribution >= 4 is 40.9 Å². The maximum atomic E-state index is 12.0. The molecule has 1 aromatic heterocycles. The fraction of sp³-hybridized carbons (Fsp3) is 0.250. The van der Waals surface area contributed by atoms with Crippen molar-refractivity contribution in [3.05, 3.63) is 58.3 Å². The molecule has 2 N–H and O–H groups in total. The highest BCUT2D eigenvalue weighted by atomic mass is 32.1. The zero-order chi connectivity index (χ0) is 19.5. The SMILES string of the molecule is CCOC(=O)/C=C/c1ccc(NC(=O)CCCNC(=O)c2cccs2)cc1. The first-order valence-electron chi connectivity index (χ1n) is 8.65. The van der Waals surface area contributed by atoms with E-state index in [9.17, 15) is 14.4 Å². The van der Waals surface area contributed by atoms with Crippen LogP contribution in [0.25, 0.3) is 6.08 Å². The predicted octanol–water partition coefficient (Wildman–Crippen LogP) is 3.47. The summed E-state index contributed by atoms with van der Waals surface area (Å²) in [5, 5.41) is 7.44. The van der Waals surface area contributed by atoms with E-state index in [1.54, 1.807) is 43.3 Å². The average molecular weight is 386 g/mol. The van der Waals surface area contributed by atoms with E-state index in [1.807, 2.05) is 11.4 Å². The van der Waals surface area contributed by atoms with Gasteiger partial charge in [0.1, 0.15) is 0 Å². The summed E-state index contributed by atoms with van der Waals surface area (Å²) >= 11 is 1.38. The summed E-state index contributed by atoms with van der Waals surface area (Å²) in [6, 6.07) is 10.7. The topological polar surface area (TPSA) is 84.5 Å². The van der Waals surface area contributed by atoms with Crippen molar-refractivity contribution in [1.82, 2.24) is 5.32 Å². The van der Waals surface area contributed by atoms with Gasteiger partial charge >= 0.3 is 5.97 Å². The Morgan fingerprint density at radius 1 is 1.15 bits per heavy atom. The number of anilines is 1. The highest BCUT2D eigenvalue weighted by Crippen LogP contribution is 2.12. The molecular weight excluding hydrogens is 364 g/mol. The van der Waals surface area contributed by atoms with Crippen LogP contribution in [0.1, 0.15) is 35.0 Å². The Balaban J connectivity index is 1.69. The van der Waals surface area contributed by atoms with Gasteiger partial charge in [-0.05, 0) is 48.6 Å². The molecule has 0 fully saturated rings. The second kappa shape index (κ2) is 10.9. The first-order chi connectivity index (χ1) is 13.1. The quantitative estimate of drug-likeness (QED) is 0.393. The van der Waals surface area contributed by atoms with Gasteiger partial charge in [-0.1, -0.05) is 18.2 Å². The van der Waals surface area contributed by atoms with Crippen molar-refractivity contribution in [1.29, 1.82) is 0 Å². The highest BCUT2D eigenvalue weighted by molar-refractivity contribution is 7.12. The monoisotopic (exact) mass is 386 g/mol. The zero-order valence-electron chi connectivity index (χ0n) is 15.1. The average Bonchev–Trinajstić information content (AvgIpc) is 3.20. The molecule has 6 nitrogen and oxygen atoms in total. The van der Waals surface area contributed by atoms with Gasteiger partial charge in [-0.25, -0.2) is 4.79 Å². The standard InChI is InChI=1S/C20H22N2O4S/c1-2-26-19(24)12-9-15-7-10-16(11-8-15)22-18(23)6-3-13-21-20(25)17-5-4-14-27-17/h4-5,7-12,14H,2-3,6,13H2,1H3,(H,21,25)(H,22,23)/b12-9+. The summed E-state index contributed by atoms with van der Waals surface area (Å²) in [7, 11) is 0. The lowest BCUT2D eigenvalue weighted by molar-refractivity contribution is -0.137. The maximum Gasteiger partial charge on any atom is 0.330 e. The van der Waals surface area contributed by atoms with Crippen molar-refractivity contribution in [3.63, 3.8) is 0 Å². The molecular formula is C20H22N2O4S. The molecule has 142 valence electrons. The van der Waals surface area contributed by atoms with Gasteiger partial charge < -0.3 is 15.4 Å². The zero-order valence-corrected chi connectivity index (χ0v) is 15.9. The normalized spacial score (nSPS) is 10.6. The van der Waals surface area contributed by atoms with Crippen molar-refractivity contribution in [2.75, 3.05) is 18.5 Å². The number of carbonyl (C=O) groups excluding carboxylic acids is 3. The molecule has 0 aliphatic heterocycles. The van der Waals surface area contributed by atoms with Gasteiger partial charge in [0.05, 0.1) is 11.5 Å². The summed E-state index contributed by atoms with van der Waals surface area (Å²) in [5.74, 6) is -0.617. The Kier molecular flexibility index (Phi) is 8.25. The second-order valence-electron chi connectivity index (χ2n) is 5.59. The van der Waals surface area contributed by atoms with Crippen LogP contribution in [-0.4, -0.2) is 30.9 Å². The maximum absolute atomic E-state index is 12.0. The number of carbonyl (C=O) groups is 3. The van der Waals surface area contributed by atoms with E-state index in [2.05, 4.69) is 10.6 Å². The molecule has 0 aliphatic carbocycles. The molecule has 2 aromatic rings. The van der Waals surface area contributed by atoms with Gasteiger partial charge in [-0.15, -0.1) is 11.3 Å². The number of esters is 1. The summed E-state index contributed by atoms with van der Waals surface area (Å²) in [4.78, 5) is 35.7. The van der Waals surface area contributed by atoms with Crippen LogP contribution in [0.2, 0.25) is 0 Å². The van der Waals surface area contributed by atoms with Crippen LogP contribution in [-0.2, 0) is 14.3 Å². The Labute approximate surface area is 162 Å². The molecule has 0 bridgehead atoms. The van der Waals surface area contributed by atoms with Crippen LogP contribution in [0.4, 0.5) is 5.69 Å². The number of rotatable bonds is 9. The number of hydrogen-bond donors (Lipinski definition) is 2. The van der Waals surface area contributed by atoms with Crippen molar-refractivity contribution < 1.29 is 19.1 Å². The number of hydrogen-bond acceptors (Lipinski definition) is 5. The van der Waals surface area contributed by atoms with E-state index in [1.165, 1.54) is 17.4 Å². The Morgan fingerprint density at radius 3 is 2.59 bits per heavy atom. The molecule has 7 heteroatoms. The van der Waals surface area contributed by atoms with Crippen LogP contribution >= 0.6 is 11.3 Å². The molecule has 0 atom stereocenters. The lowest BCUT2D eigenvalue weighted by atomic mass is 10.2. The number of nitrogens with one attached hydrogen (secondary N) is 2. The largest absolute Gasteiger partial charge is 0.463 e. The molecule has 1 aromatic carbocycles. The Morgan fingerprint density at radius 2 is 1.93 bits per heavy atom. The third kappa shape index (κ3) is 7.45. The van der Waals surface area contributed by atoms with Crippen LogP contribution in [0.15, 0.2) is 47.9 Å². The van der Waals surface area contributed by atoms with E-state index >= 15 is 0 Å². The van der Waals surface area contributed by atoms with Gasteiger partial charge in [-0.2, -0.15) is 0 Å². The Bertz CT molecular complexity index is 783. The van der Waals surface area contributed by atoms with E-state index in [4.69, 9.17) is 4.74 Å². The first-order valence-corrected chi connectivity index (χ1v) is 9.53. The van der Waals surface area contributed by atoms with Crippen LogP contribution < -0.4 is 10.6 Å². The molecule has 2 rings (SSSR count). The van der Waals surface area contributed by atoms with Gasteiger partial charge in [0.15, 0.2) is 0 Å². The van der Waals surface area contributed by atoms with Crippen LogP contribution in [0.5, 0.6) is 0 Å².